The van der Waals surface area contributed by atoms with Crippen LogP contribution in [0.4, 0.5) is 13.2 Å². The minimum absolute atomic E-state index is 0. The van der Waals surface area contributed by atoms with Crippen LogP contribution in [0.15, 0.2) is 10.4 Å². The Morgan fingerprint density at radius 3 is 2.56 bits per heavy atom. The fraction of sp³-hybridized carbons (Fsp3) is 0.765. The van der Waals surface area contributed by atoms with Gasteiger partial charge in [-0.1, -0.05) is 0 Å². The van der Waals surface area contributed by atoms with Gasteiger partial charge in [0.05, 0.1) is 17.2 Å². The van der Waals surface area contributed by atoms with E-state index < -0.39 is 11.9 Å². The molecule has 0 amide bonds. The molecule has 3 fully saturated rings. The van der Waals surface area contributed by atoms with Crippen molar-refractivity contribution in [1.29, 1.82) is 0 Å². The second kappa shape index (κ2) is 8.40. The number of aromatic nitrogens is 1. The van der Waals surface area contributed by atoms with Gasteiger partial charge in [0.25, 0.3) is 0 Å². The van der Waals surface area contributed by atoms with Gasteiger partial charge >= 0.3 is 6.18 Å². The zero-order chi connectivity index (χ0) is 18.3. The Labute approximate surface area is 177 Å². The maximum Gasteiger partial charge on any atom is 0.434 e. The number of nitrogens with one attached hydrogen (secondary N) is 1. The van der Waals surface area contributed by atoms with Crippen molar-refractivity contribution in [3.05, 3.63) is 16.1 Å². The molecule has 10 heteroatoms. The van der Waals surface area contributed by atoms with Crippen LogP contribution in [0.5, 0.6) is 0 Å². The lowest BCUT2D eigenvalue weighted by molar-refractivity contribution is -0.140. The molecule has 5 nitrogen and oxygen atoms in total. The van der Waals surface area contributed by atoms with Gasteiger partial charge in [0, 0.05) is 49.8 Å². The Morgan fingerprint density at radius 1 is 1.33 bits per heavy atom. The molecule has 0 aliphatic carbocycles. The fourth-order valence-corrected chi connectivity index (χ4v) is 5.17. The Balaban J connectivity index is 0.00000210. The number of guanidine groups is 1. The molecule has 0 radical (unpaired) electrons. The lowest BCUT2D eigenvalue weighted by Crippen LogP contribution is -2.41. The van der Waals surface area contributed by atoms with Crippen LogP contribution in [-0.2, 0) is 17.3 Å². The van der Waals surface area contributed by atoms with Crippen LogP contribution in [0.1, 0.15) is 30.5 Å². The van der Waals surface area contributed by atoms with Crippen molar-refractivity contribution < 1.29 is 17.9 Å². The molecule has 4 heterocycles. The topological polar surface area (TPSA) is 49.8 Å². The van der Waals surface area contributed by atoms with E-state index in [0.717, 1.165) is 42.3 Å². The number of aliphatic imine (C=N–C) groups is 1. The lowest BCUT2D eigenvalue weighted by atomic mass is 9.82. The number of nitrogens with zero attached hydrogens (tertiary/aromatic N) is 3. The number of rotatable bonds is 4. The normalized spacial score (nSPS) is 29.8. The minimum Gasteiger partial charge on any atom is -0.374 e. The van der Waals surface area contributed by atoms with Crippen molar-refractivity contribution in [2.24, 2.45) is 16.8 Å². The van der Waals surface area contributed by atoms with E-state index in [1.54, 1.807) is 0 Å². The van der Waals surface area contributed by atoms with E-state index in [1.807, 2.05) is 6.92 Å². The summed E-state index contributed by atoms with van der Waals surface area (Å²) in [6.07, 6.45) is -0.826. The second-order valence-electron chi connectivity index (χ2n) is 7.13. The molecule has 27 heavy (non-hydrogen) atoms. The largest absolute Gasteiger partial charge is 0.434 e. The number of fused-ring (bicyclic) bond motifs is 5. The van der Waals surface area contributed by atoms with Gasteiger partial charge in [-0.15, -0.1) is 35.3 Å². The molecule has 4 atom stereocenters. The zero-order valence-corrected chi connectivity index (χ0v) is 18.2. The van der Waals surface area contributed by atoms with Gasteiger partial charge in [-0.05, 0) is 19.8 Å². The summed E-state index contributed by atoms with van der Waals surface area (Å²) in [6.45, 7) is 5.13. The number of ether oxygens (including phenoxy) is 1. The molecule has 1 N–H and O–H groups in total. The maximum atomic E-state index is 12.6. The van der Waals surface area contributed by atoms with Gasteiger partial charge in [0.2, 0.25) is 0 Å². The van der Waals surface area contributed by atoms with Gasteiger partial charge in [-0.25, -0.2) is 4.98 Å². The average Bonchev–Trinajstić information content (AvgIpc) is 3.33. The van der Waals surface area contributed by atoms with Gasteiger partial charge in [0.15, 0.2) is 11.7 Å². The standard InChI is InChI=1S/C17H23F3N4OS.HI/c1-2-21-16(22-6-5-15-23-14(9-26-15)17(18,19)20)24-7-10-11(8-24)13-4-3-12(10)25-13;/h9-13H,2-8H2,1H3,(H,21,22);1H. The van der Waals surface area contributed by atoms with Crippen LogP contribution in [-0.4, -0.2) is 54.2 Å². The predicted molar refractivity (Wildman–Crippen MR) is 109 cm³/mol. The molecule has 3 saturated heterocycles. The number of halogens is 4. The molecule has 3 aliphatic rings. The smallest absolute Gasteiger partial charge is 0.374 e. The van der Waals surface area contributed by atoms with E-state index in [4.69, 9.17) is 4.74 Å². The second-order valence-corrected chi connectivity index (χ2v) is 8.08. The maximum absolute atomic E-state index is 12.6. The van der Waals surface area contributed by atoms with Gasteiger partial charge in [-0.3, -0.25) is 4.99 Å². The highest BCUT2D eigenvalue weighted by Crippen LogP contribution is 2.47. The number of thiazole rings is 1. The van der Waals surface area contributed by atoms with Crippen molar-refractivity contribution in [1.82, 2.24) is 15.2 Å². The fourth-order valence-electron chi connectivity index (χ4n) is 4.37. The van der Waals surface area contributed by atoms with E-state index in [9.17, 15) is 13.2 Å². The van der Waals surface area contributed by atoms with E-state index in [-0.39, 0.29) is 24.0 Å². The molecule has 0 spiro atoms. The van der Waals surface area contributed by atoms with Gasteiger partial charge in [-0.2, -0.15) is 13.2 Å². The molecule has 2 bridgehead atoms. The van der Waals surface area contributed by atoms with Crippen molar-refractivity contribution in [3.63, 3.8) is 0 Å². The Bertz CT molecular complexity index is 665. The van der Waals surface area contributed by atoms with E-state index >= 15 is 0 Å². The van der Waals surface area contributed by atoms with E-state index in [1.165, 1.54) is 12.8 Å². The highest BCUT2D eigenvalue weighted by molar-refractivity contribution is 14.0. The molecule has 1 aromatic rings. The minimum atomic E-state index is -4.37. The monoisotopic (exact) mass is 516 g/mol. The van der Waals surface area contributed by atoms with Gasteiger partial charge in [0.1, 0.15) is 0 Å². The molecule has 0 saturated carbocycles. The summed E-state index contributed by atoms with van der Waals surface area (Å²) in [6, 6.07) is 0. The summed E-state index contributed by atoms with van der Waals surface area (Å²) >= 11 is 1.05. The van der Waals surface area contributed by atoms with Crippen molar-refractivity contribution in [2.45, 2.75) is 44.6 Å². The number of hydrogen-bond acceptors (Lipinski definition) is 4. The number of alkyl halides is 3. The first-order valence-electron chi connectivity index (χ1n) is 9.16. The molecule has 1 aromatic heterocycles. The lowest BCUT2D eigenvalue weighted by Gasteiger charge is -2.23. The number of likely N-dealkylation sites (tertiary alicyclic amines) is 1. The predicted octanol–water partition coefficient (Wildman–Crippen LogP) is 3.40. The third kappa shape index (κ3) is 4.36. The highest BCUT2D eigenvalue weighted by Gasteiger charge is 2.53. The third-order valence-corrected chi connectivity index (χ3v) is 6.43. The molecule has 0 aromatic carbocycles. The summed E-state index contributed by atoms with van der Waals surface area (Å²) < 4.78 is 43.9. The molecule has 152 valence electrons. The first-order chi connectivity index (χ1) is 12.5. The van der Waals surface area contributed by atoms with Crippen LogP contribution in [0.25, 0.3) is 0 Å². The SMILES string of the molecule is CCNC(=NCCc1nc(C(F)(F)F)cs1)N1CC2C3CCC(O3)C2C1.I. The Morgan fingerprint density at radius 2 is 2.00 bits per heavy atom. The number of hydrogen-bond donors (Lipinski definition) is 1. The van der Waals surface area contributed by atoms with E-state index in [2.05, 4.69) is 20.2 Å². The zero-order valence-electron chi connectivity index (χ0n) is 15.0. The van der Waals surface area contributed by atoms with Crippen LogP contribution in [0.2, 0.25) is 0 Å². The van der Waals surface area contributed by atoms with Crippen LogP contribution in [0, 0.1) is 11.8 Å². The highest BCUT2D eigenvalue weighted by atomic mass is 127. The van der Waals surface area contributed by atoms with Crippen molar-refractivity contribution in [3.8, 4) is 0 Å². The molecule has 4 unspecified atom stereocenters. The van der Waals surface area contributed by atoms with Crippen molar-refractivity contribution in [2.75, 3.05) is 26.2 Å². The quantitative estimate of drug-likeness (QED) is 0.379. The first-order valence-corrected chi connectivity index (χ1v) is 10.0. The van der Waals surface area contributed by atoms with Crippen LogP contribution < -0.4 is 5.32 Å². The summed E-state index contributed by atoms with van der Waals surface area (Å²) in [4.78, 5) is 10.6. The van der Waals surface area contributed by atoms with Gasteiger partial charge < -0.3 is 15.0 Å². The summed E-state index contributed by atoms with van der Waals surface area (Å²) in [5.74, 6) is 2.03. The summed E-state index contributed by atoms with van der Waals surface area (Å²) in [7, 11) is 0. The molecule has 4 rings (SSSR count). The Kier molecular flexibility index (Phi) is 6.56. The molecule has 3 aliphatic heterocycles. The first kappa shape index (κ1) is 21.1. The van der Waals surface area contributed by atoms with Crippen LogP contribution in [0.3, 0.4) is 0 Å². The third-order valence-electron chi connectivity index (χ3n) is 5.52. The summed E-state index contributed by atoms with van der Waals surface area (Å²) in [5, 5.41) is 4.86. The van der Waals surface area contributed by atoms with E-state index in [0.29, 0.717) is 42.0 Å². The summed E-state index contributed by atoms with van der Waals surface area (Å²) in [5.41, 5.74) is -0.809. The molecular weight excluding hydrogens is 492 g/mol. The average molecular weight is 516 g/mol. The molecular formula is C17H24F3IN4OS. The Hall–Kier alpha value is -0.620. The van der Waals surface area contributed by atoms with Crippen molar-refractivity contribution >= 4 is 41.3 Å². The van der Waals surface area contributed by atoms with Crippen LogP contribution >= 0.6 is 35.3 Å².